The summed E-state index contributed by atoms with van der Waals surface area (Å²) < 4.78 is 7.95. The Morgan fingerprint density at radius 2 is 2.00 bits per heavy atom. The van der Waals surface area contributed by atoms with Gasteiger partial charge in [-0.3, -0.25) is 5.32 Å². The van der Waals surface area contributed by atoms with Crippen molar-refractivity contribution in [2.75, 3.05) is 31.3 Å². The van der Waals surface area contributed by atoms with Gasteiger partial charge in [-0.15, -0.1) is 5.10 Å². The van der Waals surface area contributed by atoms with Crippen LogP contribution in [0.2, 0.25) is 0 Å². The average Bonchev–Trinajstić information content (AvgIpc) is 3.27. The molecule has 0 amide bonds. The topological polar surface area (TPSA) is 67.6 Å². The first-order valence-corrected chi connectivity index (χ1v) is 9.98. The molecule has 1 aliphatic heterocycles. The van der Waals surface area contributed by atoms with Crippen molar-refractivity contribution >= 4 is 23.2 Å². The fourth-order valence-electron chi connectivity index (χ4n) is 3.15. The van der Waals surface area contributed by atoms with Crippen LogP contribution in [0.5, 0.6) is 0 Å². The first-order chi connectivity index (χ1) is 13.0. The number of fused-ring (bicyclic) bond motifs is 1. The molecule has 2 atom stereocenters. The number of rotatable bonds is 5. The largest absolute Gasteiger partial charge is 0.378 e. The minimum atomic E-state index is -0.0626. The number of hydrogen-bond donors (Lipinski definition) is 1. The van der Waals surface area contributed by atoms with Gasteiger partial charge in [-0.25, -0.2) is 9.50 Å². The molecule has 1 aliphatic rings. The Morgan fingerprint density at radius 3 is 2.74 bits per heavy atom. The van der Waals surface area contributed by atoms with Crippen LogP contribution in [0.3, 0.4) is 0 Å². The number of nitrogens with one attached hydrogen (secondary N) is 1. The molecule has 0 bridgehead atoms. The van der Waals surface area contributed by atoms with Gasteiger partial charge in [0.25, 0.3) is 5.78 Å². The molecule has 1 fully saturated rings. The highest BCUT2D eigenvalue weighted by Crippen LogP contribution is 2.26. The maximum Gasteiger partial charge on any atom is 0.253 e. The van der Waals surface area contributed by atoms with Crippen molar-refractivity contribution in [2.24, 2.45) is 0 Å². The standard InChI is InChI=1S/C19H24N6OS/c1-12-9-13(2)25-18(21-12)22-19(23-25)27-11-16-10-20-17(26-16)14-5-7-15(8-6-14)24(3)4/h5-9,16-17,20H,10-11H2,1-4H3/t16-,17-/m0/s1. The van der Waals surface area contributed by atoms with Gasteiger partial charge in [0.1, 0.15) is 6.23 Å². The Hall–Kier alpha value is -2.16. The second-order valence-electron chi connectivity index (χ2n) is 6.99. The molecular formula is C19H24N6OS. The van der Waals surface area contributed by atoms with Gasteiger partial charge >= 0.3 is 0 Å². The second kappa shape index (κ2) is 7.46. The number of aryl methyl sites for hydroxylation is 2. The van der Waals surface area contributed by atoms with Crippen molar-refractivity contribution in [2.45, 2.75) is 31.3 Å². The molecule has 0 unspecified atom stereocenters. The molecule has 7 nitrogen and oxygen atoms in total. The van der Waals surface area contributed by atoms with Crippen molar-refractivity contribution in [1.29, 1.82) is 0 Å². The SMILES string of the molecule is Cc1cc(C)n2nc(SC[C@@H]3CN[C@H](c4ccc(N(C)C)cc4)O3)nc2n1. The van der Waals surface area contributed by atoms with E-state index in [-0.39, 0.29) is 12.3 Å². The number of anilines is 1. The first-order valence-electron chi connectivity index (χ1n) is 8.99. The Balaban J connectivity index is 1.37. The minimum Gasteiger partial charge on any atom is -0.378 e. The van der Waals surface area contributed by atoms with Crippen molar-refractivity contribution in [1.82, 2.24) is 24.9 Å². The Kier molecular flexibility index (Phi) is 5.03. The lowest BCUT2D eigenvalue weighted by molar-refractivity contribution is 0.0534. The summed E-state index contributed by atoms with van der Waals surface area (Å²) in [5.41, 5.74) is 4.32. The molecule has 0 saturated carbocycles. The van der Waals surface area contributed by atoms with E-state index in [0.29, 0.717) is 5.78 Å². The van der Waals surface area contributed by atoms with E-state index in [0.717, 1.165) is 34.4 Å². The van der Waals surface area contributed by atoms with Crippen molar-refractivity contribution in [3.8, 4) is 0 Å². The summed E-state index contributed by atoms with van der Waals surface area (Å²) in [6.07, 6.45) is 0.0586. The fourth-order valence-corrected chi connectivity index (χ4v) is 3.96. The molecule has 0 aliphatic carbocycles. The monoisotopic (exact) mass is 384 g/mol. The zero-order chi connectivity index (χ0) is 19.0. The molecule has 0 radical (unpaired) electrons. The molecule has 3 aromatic rings. The molecule has 3 heterocycles. The van der Waals surface area contributed by atoms with Gasteiger partial charge in [0.2, 0.25) is 5.16 Å². The molecule has 2 aromatic heterocycles. The number of ether oxygens (including phenoxy) is 1. The lowest BCUT2D eigenvalue weighted by atomic mass is 10.2. The van der Waals surface area contributed by atoms with Gasteiger partial charge in [-0.05, 0) is 37.6 Å². The van der Waals surface area contributed by atoms with Crippen LogP contribution < -0.4 is 10.2 Å². The molecule has 8 heteroatoms. The number of thioether (sulfide) groups is 1. The van der Waals surface area contributed by atoms with Crippen LogP contribution in [0.15, 0.2) is 35.5 Å². The lowest BCUT2D eigenvalue weighted by Gasteiger charge is -2.16. The van der Waals surface area contributed by atoms with Gasteiger partial charge < -0.3 is 9.64 Å². The van der Waals surface area contributed by atoms with E-state index in [2.05, 4.69) is 49.5 Å². The van der Waals surface area contributed by atoms with E-state index in [4.69, 9.17) is 4.74 Å². The molecule has 0 spiro atoms. The van der Waals surface area contributed by atoms with Crippen LogP contribution in [0, 0.1) is 13.8 Å². The van der Waals surface area contributed by atoms with E-state index in [1.54, 1.807) is 16.3 Å². The third kappa shape index (κ3) is 3.92. The summed E-state index contributed by atoms with van der Waals surface area (Å²) >= 11 is 1.61. The molecular weight excluding hydrogens is 360 g/mol. The highest BCUT2D eigenvalue weighted by Gasteiger charge is 2.26. The van der Waals surface area contributed by atoms with Crippen LogP contribution >= 0.6 is 11.8 Å². The van der Waals surface area contributed by atoms with E-state index >= 15 is 0 Å². The van der Waals surface area contributed by atoms with Crippen molar-refractivity contribution in [3.05, 3.63) is 47.3 Å². The van der Waals surface area contributed by atoms with E-state index < -0.39 is 0 Å². The third-order valence-corrected chi connectivity index (χ3v) is 5.54. The van der Waals surface area contributed by atoms with Crippen LogP contribution in [0.1, 0.15) is 23.2 Å². The van der Waals surface area contributed by atoms with Crippen molar-refractivity contribution < 1.29 is 4.74 Å². The third-order valence-electron chi connectivity index (χ3n) is 4.57. The maximum absolute atomic E-state index is 6.16. The molecule has 1 saturated heterocycles. The summed E-state index contributed by atoms with van der Waals surface area (Å²) in [5, 5.41) is 8.72. The number of hydrogen-bond acceptors (Lipinski definition) is 7. The summed E-state index contributed by atoms with van der Waals surface area (Å²) in [5.74, 6) is 1.45. The molecule has 1 N–H and O–H groups in total. The average molecular weight is 385 g/mol. The number of nitrogens with zero attached hydrogens (tertiary/aromatic N) is 5. The lowest BCUT2D eigenvalue weighted by Crippen LogP contribution is -2.17. The van der Waals surface area contributed by atoms with Gasteiger partial charge in [-0.2, -0.15) is 4.98 Å². The summed E-state index contributed by atoms with van der Waals surface area (Å²) in [6, 6.07) is 10.5. The Morgan fingerprint density at radius 1 is 1.22 bits per heavy atom. The van der Waals surface area contributed by atoms with E-state index in [1.165, 1.54) is 5.69 Å². The van der Waals surface area contributed by atoms with Gasteiger partial charge in [0.15, 0.2) is 0 Å². The van der Waals surface area contributed by atoms with E-state index in [1.807, 2.05) is 34.0 Å². The zero-order valence-corrected chi connectivity index (χ0v) is 16.8. The first kappa shape index (κ1) is 18.2. The predicted octanol–water partition coefficient (Wildman–Crippen LogP) is 2.59. The highest BCUT2D eigenvalue weighted by atomic mass is 32.2. The van der Waals surface area contributed by atoms with Crippen LogP contribution in [-0.2, 0) is 4.74 Å². The fraction of sp³-hybridized carbons (Fsp3) is 0.421. The quantitative estimate of drug-likeness (QED) is 0.678. The molecule has 142 valence electrons. The molecule has 27 heavy (non-hydrogen) atoms. The van der Waals surface area contributed by atoms with Crippen LogP contribution in [-0.4, -0.2) is 52.1 Å². The minimum absolute atomic E-state index is 0.0626. The maximum atomic E-state index is 6.16. The van der Waals surface area contributed by atoms with Gasteiger partial charge in [0.05, 0.1) is 6.10 Å². The summed E-state index contributed by atoms with van der Waals surface area (Å²) in [4.78, 5) is 11.0. The van der Waals surface area contributed by atoms with Gasteiger partial charge in [-0.1, -0.05) is 23.9 Å². The number of benzene rings is 1. The number of aromatic nitrogens is 4. The normalized spacial score (nSPS) is 19.7. The summed E-state index contributed by atoms with van der Waals surface area (Å²) in [7, 11) is 4.08. The highest BCUT2D eigenvalue weighted by molar-refractivity contribution is 7.99. The predicted molar refractivity (Wildman–Crippen MR) is 107 cm³/mol. The Bertz CT molecular complexity index is 939. The van der Waals surface area contributed by atoms with Crippen LogP contribution in [0.4, 0.5) is 5.69 Å². The van der Waals surface area contributed by atoms with Crippen LogP contribution in [0.25, 0.3) is 5.78 Å². The van der Waals surface area contributed by atoms with E-state index in [9.17, 15) is 0 Å². The van der Waals surface area contributed by atoms with Gasteiger partial charge in [0, 0.05) is 43.5 Å². The summed E-state index contributed by atoms with van der Waals surface area (Å²) in [6.45, 7) is 4.80. The Labute approximate surface area is 163 Å². The second-order valence-corrected chi connectivity index (χ2v) is 7.98. The van der Waals surface area contributed by atoms with Crippen molar-refractivity contribution in [3.63, 3.8) is 0 Å². The zero-order valence-electron chi connectivity index (χ0n) is 16.0. The smallest absolute Gasteiger partial charge is 0.253 e. The molecule has 4 rings (SSSR count). The molecule has 1 aromatic carbocycles.